The first-order chi connectivity index (χ1) is 4.31. The predicted molar refractivity (Wildman–Crippen MR) is 38.9 cm³/mol. The molecule has 0 unspecified atom stereocenters. The first kappa shape index (κ1) is 8.24. The molecule has 0 heterocycles. The van der Waals surface area contributed by atoms with Gasteiger partial charge in [0, 0.05) is 0 Å². The monoisotopic (exact) mass is 142 g/mol. The fourth-order valence-electron chi connectivity index (χ4n) is 0.247. The Labute approximate surface area is 58.6 Å². The van der Waals surface area contributed by atoms with E-state index in [9.17, 15) is 4.32 Å². The average molecular weight is 142 g/mol. The fraction of sp³-hybridized carbons (Fsp3) is 0.250. The number of hydrogen-bond donors (Lipinski definition) is 1. The molecule has 0 saturated carbocycles. The third kappa shape index (κ3) is 5.11. The van der Waals surface area contributed by atoms with Gasteiger partial charge in [0.25, 0.3) is 0 Å². The van der Waals surface area contributed by atoms with E-state index in [1.807, 2.05) is 6.07 Å². The third-order valence-corrected chi connectivity index (χ3v) is 0.809. The van der Waals surface area contributed by atoms with E-state index in [-0.39, 0.29) is 6.42 Å². The van der Waals surface area contributed by atoms with Gasteiger partial charge in [0.1, 0.15) is 0 Å². The van der Waals surface area contributed by atoms with E-state index in [2.05, 4.69) is 17.5 Å². The maximum absolute atomic E-state index is 11.2. The number of nitrogens with one attached hydrogen (secondary N) is 1. The van der Waals surface area contributed by atoms with E-state index >= 15 is 0 Å². The summed E-state index contributed by atoms with van der Waals surface area (Å²) in [6.45, 7) is 0. The topological polar surface area (TPSA) is 35.8 Å². The third-order valence-electron chi connectivity index (χ3n) is 0.547. The molecule has 0 spiro atoms. The van der Waals surface area contributed by atoms with Gasteiger partial charge in [-0.1, -0.05) is 0 Å². The number of halogens is 1. The average Bonchev–Trinajstić information content (AvgIpc) is 1.85. The molecule has 0 aliphatic rings. The molecule has 5 heteroatoms. The summed E-state index contributed by atoms with van der Waals surface area (Å²) in [5, 5.41) is 10.4. The Balaban J connectivity index is 3.42. The second-order valence-electron chi connectivity index (χ2n) is 1.20. The molecule has 0 amide bonds. The Hall–Kier alpha value is -0.755. The molecule has 0 aromatic heterocycles. The van der Waals surface area contributed by atoms with E-state index < -0.39 is 0 Å². The van der Waals surface area contributed by atoms with Crippen molar-refractivity contribution in [1.82, 2.24) is 5.32 Å². The van der Waals surface area contributed by atoms with Crippen LogP contribution in [0.1, 0.15) is 6.42 Å². The summed E-state index contributed by atoms with van der Waals surface area (Å²) in [6, 6.07) is 1.82. The molecule has 1 N–H and O–H groups in total. The Morgan fingerprint density at radius 3 is 3.11 bits per heavy atom. The number of rotatable bonds is 2. The van der Waals surface area contributed by atoms with Gasteiger partial charge >= 0.3 is 57.9 Å². The van der Waals surface area contributed by atoms with E-state index in [0.717, 1.165) is 6.09 Å². The van der Waals surface area contributed by atoms with Gasteiger partial charge in [-0.2, -0.15) is 0 Å². The zero-order valence-electron chi connectivity index (χ0n) is 4.60. The summed E-state index contributed by atoms with van der Waals surface area (Å²) in [5.74, 6) is 0. The molecule has 2 nitrogen and oxygen atoms in total. The van der Waals surface area contributed by atoms with Crippen LogP contribution < -0.4 is 5.32 Å². The maximum atomic E-state index is 11.2. The molecule has 0 atom stereocenters. The molecule has 0 aliphatic heterocycles. The van der Waals surface area contributed by atoms with Crippen LogP contribution in [-0.2, 0) is 0 Å². The van der Waals surface area contributed by atoms with E-state index in [4.69, 9.17) is 5.26 Å². The first-order valence-corrected chi connectivity index (χ1v) is 2.63. The Morgan fingerprint density at radius 1 is 2.00 bits per heavy atom. The standard InChI is InChI=1S/C4H4BFN2S/c6-5-3-8-4(9)1-2-7/h3H,1H2,(H,8,9). The second kappa shape index (κ2) is 5.38. The van der Waals surface area contributed by atoms with Crippen molar-refractivity contribution in [2.75, 3.05) is 0 Å². The molecule has 0 aliphatic carbocycles. The van der Waals surface area contributed by atoms with Crippen LogP contribution in [-0.4, -0.2) is 18.3 Å². The van der Waals surface area contributed by atoms with Crippen molar-refractivity contribution >= 4 is 30.5 Å². The van der Waals surface area contributed by atoms with Gasteiger partial charge < -0.3 is 0 Å². The summed E-state index contributed by atoms with van der Waals surface area (Å²) in [7, 11) is 0.323. The summed E-state index contributed by atoms with van der Waals surface area (Å²) in [4.78, 5) is 0.325. The Kier molecular flexibility index (Phi) is 4.93. The van der Waals surface area contributed by atoms with Gasteiger partial charge in [-0.15, -0.1) is 0 Å². The molecule has 0 saturated heterocycles. The molecule has 0 aromatic rings. The van der Waals surface area contributed by atoms with Crippen molar-refractivity contribution in [2.24, 2.45) is 0 Å². The quantitative estimate of drug-likeness (QED) is 0.440. The van der Waals surface area contributed by atoms with Crippen LogP contribution in [0.2, 0.25) is 0 Å². The van der Waals surface area contributed by atoms with Crippen LogP contribution in [0, 0.1) is 11.3 Å². The number of nitriles is 1. The van der Waals surface area contributed by atoms with Crippen LogP contribution in [0.4, 0.5) is 4.32 Å². The minimum atomic E-state index is 0.125. The van der Waals surface area contributed by atoms with E-state index in [1.54, 1.807) is 0 Å². The van der Waals surface area contributed by atoms with Gasteiger partial charge in [-0.05, 0) is 0 Å². The van der Waals surface area contributed by atoms with Crippen molar-refractivity contribution in [3.05, 3.63) is 0 Å². The van der Waals surface area contributed by atoms with Gasteiger partial charge in [-0.25, -0.2) is 0 Å². The van der Waals surface area contributed by atoms with Gasteiger partial charge in [0.2, 0.25) is 0 Å². The van der Waals surface area contributed by atoms with Crippen LogP contribution in [0.25, 0.3) is 0 Å². The van der Waals surface area contributed by atoms with Crippen molar-refractivity contribution in [3.8, 4) is 6.07 Å². The molecule has 9 heavy (non-hydrogen) atoms. The Morgan fingerprint density at radius 2 is 2.67 bits per heavy atom. The molecule has 0 bridgehead atoms. The summed E-state index contributed by atoms with van der Waals surface area (Å²) in [5.41, 5.74) is 0. The number of nitrogens with zero attached hydrogens (tertiary/aromatic N) is 1. The summed E-state index contributed by atoms with van der Waals surface area (Å²) in [6.07, 6.45) is 1.17. The van der Waals surface area contributed by atoms with Crippen molar-refractivity contribution in [1.29, 1.82) is 5.26 Å². The molecule has 46 valence electrons. The van der Waals surface area contributed by atoms with Crippen LogP contribution in [0.3, 0.4) is 0 Å². The second-order valence-corrected chi connectivity index (χ2v) is 1.69. The normalized spacial score (nSPS) is 8.00. The first-order valence-electron chi connectivity index (χ1n) is 2.23. The Bertz CT molecular complexity index is 162. The zero-order chi connectivity index (χ0) is 7.11. The summed E-state index contributed by atoms with van der Waals surface area (Å²) >= 11 is 4.57. The van der Waals surface area contributed by atoms with Gasteiger partial charge in [0.05, 0.1) is 0 Å². The van der Waals surface area contributed by atoms with Crippen LogP contribution in [0.5, 0.6) is 0 Å². The molecule has 0 rings (SSSR count). The van der Waals surface area contributed by atoms with Gasteiger partial charge in [-0.3, -0.25) is 0 Å². The molecular formula is C4H4BFN2S. The number of hydrogen-bond acceptors (Lipinski definition) is 2. The fourth-order valence-corrected chi connectivity index (χ4v) is 0.380. The van der Waals surface area contributed by atoms with E-state index in [0.29, 0.717) is 12.2 Å². The SMILES string of the molecule is N#CCC(=S)NC=BF. The number of thiocarbonyl (C=S) groups is 1. The van der Waals surface area contributed by atoms with Gasteiger partial charge in [0.15, 0.2) is 0 Å². The summed E-state index contributed by atoms with van der Waals surface area (Å²) < 4.78 is 11.2. The van der Waals surface area contributed by atoms with Crippen molar-refractivity contribution < 1.29 is 4.32 Å². The minimum absolute atomic E-state index is 0.125. The molecule has 0 fully saturated rings. The van der Waals surface area contributed by atoms with Crippen molar-refractivity contribution in [2.45, 2.75) is 6.42 Å². The van der Waals surface area contributed by atoms with E-state index in [1.165, 1.54) is 0 Å². The molecule has 0 aromatic carbocycles. The molecular weight excluding hydrogens is 138 g/mol. The predicted octanol–water partition coefficient (Wildman–Crippen LogP) is 0.165. The van der Waals surface area contributed by atoms with Crippen LogP contribution >= 0.6 is 12.2 Å². The van der Waals surface area contributed by atoms with Crippen molar-refractivity contribution in [3.63, 3.8) is 0 Å². The molecule has 0 radical (unpaired) electrons. The zero-order valence-corrected chi connectivity index (χ0v) is 5.41. The van der Waals surface area contributed by atoms with Crippen LogP contribution in [0.15, 0.2) is 0 Å².